The number of amides is 2. The van der Waals surface area contributed by atoms with E-state index in [4.69, 9.17) is 9.72 Å². The largest absolute Gasteiger partial charge is 0.393 e. The van der Waals surface area contributed by atoms with Crippen LogP contribution in [-0.2, 0) is 11.8 Å². The van der Waals surface area contributed by atoms with E-state index in [0.29, 0.717) is 43.1 Å². The number of aromatic nitrogens is 3. The van der Waals surface area contributed by atoms with Gasteiger partial charge in [0.25, 0.3) is 0 Å². The molecule has 0 saturated carbocycles. The normalized spacial score (nSPS) is 18.2. The van der Waals surface area contributed by atoms with E-state index in [0.717, 1.165) is 22.0 Å². The maximum Gasteiger partial charge on any atom is 0.393 e. The van der Waals surface area contributed by atoms with E-state index < -0.39 is 30.5 Å². The van der Waals surface area contributed by atoms with Crippen LogP contribution < -0.4 is 10.2 Å². The molecule has 4 heterocycles. The van der Waals surface area contributed by atoms with Gasteiger partial charge in [-0.3, -0.25) is 4.68 Å². The van der Waals surface area contributed by atoms with Crippen molar-refractivity contribution >= 4 is 17.5 Å². The van der Waals surface area contributed by atoms with Crippen LogP contribution in [0.4, 0.5) is 33.9 Å². The predicted molar refractivity (Wildman–Crippen MR) is 134 cm³/mol. The number of aryl methyl sites for hydroxylation is 2. The van der Waals surface area contributed by atoms with Crippen LogP contribution in [0.2, 0.25) is 0 Å². The fourth-order valence-corrected chi connectivity index (χ4v) is 4.87. The number of pyridine rings is 1. The molecule has 3 aromatic rings. The SMILES string of the molecule is Cc1cc(F)c(NC(=O)N2CCC(C(F)(F)F)C2)cc1-c1cc(-c2ccnn2C)nc(N2CCOCC2)c1. The predicted octanol–water partition coefficient (Wildman–Crippen LogP) is 4.85. The summed E-state index contributed by atoms with van der Waals surface area (Å²) in [6.07, 6.45) is -2.87. The summed E-state index contributed by atoms with van der Waals surface area (Å²) in [6.45, 7) is 3.75. The summed E-state index contributed by atoms with van der Waals surface area (Å²) in [5, 5.41) is 6.72. The molecule has 5 rings (SSSR count). The van der Waals surface area contributed by atoms with Gasteiger partial charge in [-0.15, -0.1) is 0 Å². The molecule has 202 valence electrons. The highest BCUT2D eigenvalue weighted by atomic mass is 19.4. The lowest BCUT2D eigenvalue weighted by Gasteiger charge is -2.28. The number of urea groups is 1. The number of nitrogens with zero attached hydrogens (tertiary/aromatic N) is 5. The highest BCUT2D eigenvalue weighted by molar-refractivity contribution is 5.91. The molecule has 38 heavy (non-hydrogen) atoms. The summed E-state index contributed by atoms with van der Waals surface area (Å²) in [6, 6.07) is 7.71. The Labute approximate surface area is 217 Å². The molecule has 1 aromatic carbocycles. The number of alkyl halides is 3. The number of ether oxygens (including phenoxy) is 1. The van der Waals surface area contributed by atoms with Crippen LogP contribution >= 0.6 is 0 Å². The maximum absolute atomic E-state index is 14.9. The molecule has 2 aliphatic rings. The maximum atomic E-state index is 14.9. The van der Waals surface area contributed by atoms with Crippen molar-refractivity contribution in [3.8, 4) is 22.5 Å². The molecule has 2 fully saturated rings. The lowest BCUT2D eigenvalue weighted by molar-refractivity contribution is -0.169. The second-order valence-corrected chi connectivity index (χ2v) is 9.59. The van der Waals surface area contributed by atoms with E-state index in [9.17, 15) is 22.4 Å². The summed E-state index contributed by atoms with van der Waals surface area (Å²) < 4.78 is 61.3. The first-order chi connectivity index (χ1) is 18.1. The third kappa shape index (κ3) is 5.31. The van der Waals surface area contributed by atoms with Gasteiger partial charge in [0, 0.05) is 39.4 Å². The van der Waals surface area contributed by atoms with Crippen molar-refractivity contribution < 1.29 is 27.1 Å². The summed E-state index contributed by atoms with van der Waals surface area (Å²) in [4.78, 5) is 20.8. The van der Waals surface area contributed by atoms with Crippen molar-refractivity contribution in [1.82, 2.24) is 19.7 Å². The number of morpholine rings is 1. The Morgan fingerprint density at radius 2 is 1.89 bits per heavy atom. The van der Waals surface area contributed by atoms with Crippen molar-refractivity contribution in [3.05, 3.63) is 47.9 Å². The lowest BCUT2D eigenvalue weighted by atomic mass is 9.98. The van der Waals surface area contributed by atoms with E-state index in [1.165, 1.54) is 12.1 Å². The standard InChI is InChI=1S/C26H28F4N6O2/c1-16-11-20(27)21(33-25(37)36-6-4-18(15-36)26(28,29)30)14-19(16)17-12-22(23-3-5-31-34(23)2)32-24(13-17)35-7-9-38-10-8-35/h3,5,11-14,18H,4,6-10,15H2,1-2H3,(H,33,37). The molecule has 0 aliphatic carbocycles. The van der Waals surface area contributed by atoms with E-state index in [1.54, 1.807) is 17.8 Å². The first kappa shape index (κ1) is 26.0. The number of nitrogens with one attached hydrogen (secondary N) is 1. The third-order valence-electron chi connectivity index (χ3n) is 7.04. The molecule has 12 heteroatoms. The molecule has 1 atom stereocenters. The average molecular weight is 533 g/mol. The molecular formula is C26H28F4N6O2. The molecule has 2 saturated heterocycles. The minimum absolute atomic E-state index is 0.0440. The van der Waals surface area contributed by atoms with E-state index >= 15 is 0 Å². The Balaban J connectivity index is 1.49. The van der Waals surface area contributed by atoms with Gasteiger partial charge in [0.05, 0.1) is 36.2 Å². The van der Waals surface area contributed by atoms with Crippen molar-refractivity contribution in [1.29, 1.82) is 0 Å². The van der Waals surface area contributed by atoms with Crippen molar-refractivity contribution in [3.63, 3.8) is 0 Å². The molecule has 2 aromatic heterocycles. The quantitative estimate of drug-likeness (QED) is 0.487. The molecule has 0 radical (unpaired) electrons. The van der Waals surface area contributed by atoms with Crippen LogP contribution in [0.25, 0.3) is 22.5 Å². The number of hydrogen-bond donors (Lipinski definition) is 1. The highest BCUT2D eigenvalue weighted by Crippen LogP contribution is 2.36. The Kier molecular flexibility index (Phi) is 6.99. The van der Waals surface area contributed by atoms with Gasteiger partial charge in [-0.25, -0.2) is 14.2 Å². The molecule has 2 amide bonds. The fraction of sp³-hybridized carbons (Fsp3) is 0.423. The number of benzene rings is 1. The molecule has 2 aliphatic heterocycles. The van der Waals surface area contributed by atoms with Gasteiger partial charge in [0.15, 0.2) is 0 Å². The monoisotopic (exact) mass is 532 g/mol. The number of hydrogen-bond acceptors (Lipinski definition) is 5. The van der Waals surface area contributed by atoms with E-state index in [2.05, 4.69) is 15.3 Å². The highest BCUT2D eigenvalue weighted by Gasteiger charge is 2.44. The van der Waals surface area contributed by atoms with Crippen LogP contribution in [0.5, 0.6) is 0 Å². The van der Waals surface area contributed by atoms with Gasteiger partial charge in [-0.1, -0.05) is 0 Å². The second-order valence-electron chi connectivity index (χ2n) is 9.59. The van der Waals surface area contributed by atoms with Gasteiger partial charge in [-0.05, 0) is 60.4 Å². The number of carbonyl (C=O) groups excluding carboxylic acids is 1. The van der Waals surface area contributed by atoms with Crippen molar-refractivity contribution in [2.75, 3.05) is 49.6 Å². The van der Waals surface area contributed by atoms with Crippen LogP contribution in [0, 0.1) is 18.7 Å². The Hall–Kier alpha value is -3.67. The van der Waals surface area contributed by atoms with Crippen LogP contribution in [0.1, 0.15) is 12.0 Å². The summed E-state index contributed by atoms with van der Waals surface area (Å²) >= 11 is 0. The van der Waals surface area contributed by atoms with E-state index in [1.807, 2.05) is 25.2 Å². The summed E-state index contributed by atoms with van der Waals surface area (Å²) in [5.41, 5.74) is 3.42. The number of rotatable bonds is 4. The first-order valence-electron chi connectivity index (χ1n) is 12.4. The smallest absolute Gasteiger partial charge is 0.378 e. The molecule has 8 nitrogen and oxygen atoms in total. The Morgan fingerprint density at radius 1 is 1.13 bits per heavy atom. The topological polar surface area (TPSA) is 75.5 Å². The van der Waals surface area contributed by atoms with Gasteiger partial charge in [0.1, 0.15) is 11.6 Å². The zero-order valence-electron chi connectivity index (χ0n) is 21.1. The summed E-state index contributed by atoms with van der Waals surface area (Å²) in [5.74, 6) is -1.51. The zero-order chi connectivity index (χ0) is 27.0. The van der Waals surface area contributed by atoms with Gasteiger partial charge in [-0.2, -0.15) is 18.3 Å². The van der Waals surface area contributed by atoms with Crippen LogP contribution in [-0.4, -0.2) is 71.3 Å². The zero-order valence-corrected chi connectivity index (χ0v) is 21.1. The summed E-state index contributed by atoms with van der Waals surface area (Å²) in [7, 11) is 1.82. The Morgan fingerprint density at radius 3 is 2.55 bits per heavy atom. The number of likely N-dealkylation sites (tertiary alicyclic amines) is 1. The van der Waals surface area contributed by atoms with Crippen LogP contribution in [0.3, 0.4) is 0 Å². The molecule has 1 unspecified atom stereocenters. The average Bonchev–Trinajstić information content (AvgIpc) is 3.55. The number of anilines is 2. The first-order valence-corrected chi connectivity index (χ1v) is 12.4. The second kappa shape index (κ2) is 10.2. The molecule has 0 spiro atoms. The minimum Gasteiger partial charge on any atom is -0.378 e. The lowest BCUT2D eigenvalue weighted by Crippen LogP contribution is -2.36. The van der Waals surface area contributed by atoms with E-state index in [-0.39, 0.29) is 18.7 Å². The number of carbonyl (C=O) groups is 1. The van der Waals surface area contributed by atoms with Crippen molar-refractivity contribution in [2.24, 2.45) is 13.0 Å². The van der Waals surface area contributed by atoms with Crippen molar-refractivity contribution in [2.45, 2.75) is 19.5 Å². The van der Waals surface area contributed by atoms with Crippen LogP contribution in [0.15, 0.2) is 36.5 Å². The van der Waals surface area contributed by atoms with Gasteiger partial charge in [0.2, 0.25) is 0 Å². The molecule has 1 N–H and O–H groups in total. The Bertz CT molecular complexity index is 1340. The molecular weight excluding hydrogens is 504 g/mol. The van der Waals surface area contributed by atoms with Gasteiger partial charge >= 0.3 is 12.2 Å². The minimum atomic E-state index is -4.37. The fourth-order valence-electron chi connectivity index (χ4n) is 4.87. The van der Waals surface area contributed by atoms with Gasteiger partial charge < -0.3 is 19.9 Å². The number of halogens is 4. The third-order valence-corrected chi connectivity index (χ3v) is 7.04. The molecule has 0 bridgehead atoms.